The summed E-state index contributed by atoms with van der Waals surface area (Å²) in [6.07, 6.45) is 3.33. The molecule has 150 valence electrons. The van der Waals surface area contributed by atoms with E-state index in [9.17, 15) is 9.59 Å². The minimum Gasteiger partial charge on any atom is -0.339 e. The molecule has 1 saturated heterocycles. The lowest BCUT2D eigenvalue weighted by Crippen LogP contribution is -2.35. The van der Waals surface area contributed by atoms with Crippen LogP contribution in [0.2, 0.25) is 0 Å². The number of rotatable bonds is 4. The normalized spacial score (nSPS) is 14.5. The first-order chi connectivity index (χ1) is 14.0. The standard InChI is InChI=1S/C24H27N3O2/c1-17(2)16-27-21-9-5-4-8-20(21)25-22(24(27)29)18-10-12-19(13-11-18)23(28)26-14-6-3-7-15-26/h4-5,8-13,17H,3,6-7,14-16H2,1-2H3. The van der Waals surface area contributed by atoms with Crippen molar-refractivity contribution in [2.24, 2.45) is 5.92 Å². The molecule has 0 atom stereocenters. The van der Waals surface area contributed by atoms with Gasteiger partial charge in [0.15, 0.2) is 0 Å². The predicted molar refractivity (Wildman–Crippen MR) is 116 cm³/mol. The van der Waals surface area contributed by atoms with Gasteiger partial charge in [-0.1, -0.05) is 38.1 Å². The molecule has 2 heterocycles. The summed E-state index contributed by atoms with van der Waals surface area (Å²) in [6, 6.07) is 15.1. The summed E-state index contributed by atoms with van der Waals surface area (Å²) in [4.78, 5) is 32.5. The Morgan fingerprint density at radius 1 is 1.00 bits per heavy atom. The number of benzene rings is 2. The molecule has 1 aromatic heterocycles. The van der Waals surface area contributed by atoms with Gasteiger partial charge in [-0.25, -0.2) is 4.98 Å². The largest absolute Gasteiger partial charge is 0.339 e. The van der Waals surface area contributed by atoms with Crippen LogP contribution in [0.15, 0.2) is 53.3 Å². The summed E-state index contributed by atoms with van der Waals surface area (Å²) in [7, 11) is 0. The molecule has 1 amide bonds. The molecule has 0 unspecified atom stereocenters. The molecule has 5 heteroatoms. The van der Waals surface area contributed by atoms with E-state index in [0.717, 1.165) is 42.5 Å². The van der Waals surface area contributed by atoms with Crippen LogP contribution >= 0.6 is 0 Å². The lowest BCUT2D eigenvalue weighted by molar-refractivity contribution is 0.0724. The highest BCUT2D eigenvalue weighted by molar-refractivity contribution is 5.94. The molecule has 0 spiro atoms. The van der Waals surface area contributed by atoms with Gasteiger partial charge in [-0.3, -0.25) is 9.59 Å². The second kappa shape index (κ2) is 8.19. The Hall–Kier alpha value is -2.95. The molecular formula is C24H27N3O2. The van der Waals surface area contributed by atoms with E-state index in [1.54, 1.807) is 0 Å². The number of piperidine rings is 1. The maximum atomic E-state index is 13.2. The van der Waals surface area contributed by atoms with Crippen molar-refractivity contribution in [1.29, 1.82) is 0 Å². The lowest BCUT2D eigenvalue weighted by atomic mass is 10.1. The van der Waals surface area contributed by atoms with Gasteiger partial charge in [0.1, 0.15) is 5.69 Å². The summed E-state index contributed by atoms with van der Waals surface area (Å²) >= 11 is 0. The van der Waals surface area contributed by atoms with Gasteiger partial charge in [-0.2, -0.15) is 0 Å². The number of likely N-dealkylation sites (tertiary alicyclic amines) is 1. The first-order valence-electron chi connectivity index (χ1n) is 10.4. The van der Waals surface area contributed by atoms with E-state index >= 15 is 0 Å². The van der Waals surface area contributed by atoms with E-state index in [-0.39, 0.29) is 11.5 Å². The van der Waals surface area contributed by atoms with Gasteiger partial charge in [0, 0.05) is 30.8 Å². The van der Waals surface area contributed by atoms with Gasteiger partial charge in [0.25, 0.3) is 11.5 Å². The first-order valence-corrected chi connectivity index (χ1v) is 10.4. The van der Waals surface area contributed by atoms with Gasteiger partial charge in [-0.05, 0) is 49.4 Å². The van der Waals surface area contributed by atoms with Crippen LogP contribution in [0.5, 0.6) is 0 Å². The van der Waals surface area contributed by atoms with E-state index in [4.69, 9.17) is 0 Å². The highest BCUT2D eigenvalue weighted by Crippen LogP contribution is 2.20. The Labute approximate surface area is 171 Å². The molecule has 1 aliphatic heterocycles. The minimum atomic E-state index is -0.0903. The van der Waals surface area contributed by atoms with Crippen LogP contribution in [0.25, 0.3) is 22.3 Å². The molecule has 3 aromatic rings. The Morgan fingerprint density at radius 3 is 2.38 bits per heavy atom. The second-order valence-electron chi connectivity index (χ2n) is 8.19. The molecule has 5 nitrogen and oxygen atoms in total. The van der Waals surface area contributed by atoms with Crippen molar-refractivity contribution in [2.75, 3.05) is 13.1 Å². The third-order valence-corrected chi connectivity index (χ3v) is 5.45. The molecule has 0 N–H and O–H groups in total. The molecule has 1 fully saturated rings. The fraction of sp³-hybridized carbons (Fsp3) is 0.375. The fourth-order valence-electron chi connectivity index (χ4n) is 3.98. The third-order valence-electron chi connectivity index (χ3n) is 5.45. The summed E-state index contributed by atoms with van der Waals surface area (Å²) in [5.41, 5.74) is 3.41. The van der Waals surface area contributed by atoms with Crippen molar-refractivity contribution in [3.05, 3.63) is 64.4 Å². The van der Waals surface area contributed by atoms with Crippen molar-refractivity contribution in [1.82, 2.24) is 14.5 Å². The topological polar surface area (TPSA) is 55.2 Å². The fourth-order valence-corrected chi connectivity index (χ4v) is 3.98. The van der Waals surface area contributed by atoms with Crippen LogP contribution in [0, 0.1) is 5.92 Å². The smallest absolute Gasteiger partial charge is 0.277 e. The number of fused-ring (bicyclic) bond motifs is 1. The Bertz CT molecular complexity index is 1080. The summed E-state index contributed by atoms with van der Waals surface area (Å²) in [6.45, 7) is 6.49. The van der Waals surface area contributed by atoms with E-state index in [2.05, 4.69) is 18.8 Å². The zero-order valence-electron chi connectivity index (χ0n) is 17.1. The zero-order chi connectivity index (χ0) is 20.4. The van der Waals surface area contributed by atoms with Crippen LogP contribution in [0.3, 0.4) is 0 Å². The average Bonchev–Trinajstić information content (AvgIpc) is 2.75. The number of nitrogens with zero attached hydrogens (tertiary/aromatic N) is 3. The average molecular weight is 389 g/mol. The number of amides is 1. The van der Waals surface area contributed by atoms with Crippen LogP contribution < -0.4 is 5.56 Å². The Balaban J connectivity index is 1.72. The summed E-state index contributed by atoms with van der Waals surface area (Å²) in [5, 5.41) is 0. The molecule has 1 aliphatic rings. The van der Waals surface area contributed by atoms with Crippen molar-refractivity contribution in [3.63, 3.8) is 0 Å². The van der Waals surface area contributed by atoms with Crippen LogP contribution in [0.4, 0.5) is 0 Å². The quantitative estimate of drug-likeness (QED) is 0.667. The first kappa shape index (κ1) is 19.4. The van der Waals surface area contributed by atoms with Crippen molar-refractivity contribution >= 4 is 16.9 Å². The molecule has 0 radical (unpaired) electrons. The monoisotopic (exact) mass is 389 g/mol. The van der Waals surface area contributed by atoms with Gasteiger partial charge >= 0.3 is 0 Å². The number of para-hydroxylation sites is 2. The van der Waals surface area contributed by atoms with Crippen LogP contribution in [0.1, 0.15) is 43.5 Å². The third kappa shape index (κ3) is 3.95. The van der Waals surface area contributed by atoms with Gasteiger partial charge in [0.05, 0.1) is 11.0 Å². The van der Waals surface area contributed by atoms with Gasteiger partial charge in [0.2, 0.25) is 0 Å². The molecule has 0 bridgehead atoms. The van der Waals surface area contributed by atoms with E-state index in [1.165, 1.54) is 6.42 Å². The highest BCUT2D eigenvalue weighted by atomic mass is 16.2. The van der Waals surface area contributed by atoms with E-state index in [1.807, 2.05) is 58.0 Å². The molecule has 4 rings (SSSR count). The van der Waals surface area contributed by atoms with Crippen LogP contribution in [-0.4, -0.2) is 33.4 Å². The maximum absolute atomic E-state index is 13.2. The van der Waals surface area contributed by atoms with Crippen molar-refractivity contribution in [3.8, 4) is 11.3 Å². The number of hydrogen-bond acceptors (Lipinski definition) is 3. The molecule has 0 aliphatic carbocycles. The van der Waals surface area contributed by atoms with Gasteiger partial charge in [-0.15, -0.1) is 0 Å². The summed E-state index contributed by atoms with van der Waals surface area (Å²) in [5.74, 6) is 0.413. The Kier molecular flexibility index (Phi) is 5.47. The SMILES string of the molecule is CC(C)Cn1c(=O)c(-c2ccc(C(=O)N3CCCCC3)cc2)nc2ccccc21. The molecular weight excluding hydrogens is 362 g/mol. The predicted octanol–water partition coefficient (Wildman–Crippen LogP) is 4.35. The Morgan fingerprint density at radius 2 is 1.69 bits per heavy atom. The number of carbonyl (C=O) groups is 1. The number of carbonyl (C=O) groups excluding carboxylic acids is 1. The number of aromatic nitrogens is 2. The lowest BCUT2D eigenvalue weighted by Gasteiger charge is -2.26. The highest BCUT2D eigenvalue weighted by Gasteiger charge is 2.19. The molecule has 29 heavy (non-hydrogen) atoms. The van der Waals surface area contributed by atoms with E-state index < -0.39 is 0 Å². The summed E-state index contributed by atoms with van der Waals surface area (Å²) < 4.78 is 1.81. The second-order valence-corrected chi connectivity index (χ2v) is 8.19. The molecule has 2 aromatic carbocycles. The number of hydrogen-bond donors (Lipinski definition) is 0. The van der Waals surface area contributed by atoms with E-state index in [0.29, 0.717) is 23.7 Å². The minimum absolute atomic E-state index is 0.0694. The van der Waals surface area contributed by atoms with Crippen molar-refractivity contribution in [2.45, 2.75) is 39.7 Å². The maximum Gasteiger partial charge on any atom is 0.277 e. The van der Waals surface area contributed by atoms with Crippen LogP contribution in [-0.2, 0) is 6.54 Å². The van der Waals surface area contributed by atoms with Crippen molar-refractivity contribution < 1.29 is 4.79 Å². The molecule has 0 saturated carbocycles. The zero-order valence-corrected chi connectivity index (χ0v) is 17.1. The van der Waals surface area contributed by atoms with Gasteiger partial charge < -0.3 is 9.47 Å².